The van der Waals surface area contributed by atoms with Crippen molar-refractivity contribution in [3.63, 3.8) is 0 Å². The first kappa shape index (κ1) is 37.0. The van der Waals surface area contributed by atoms with Crippen molar-refractivity contribution in [3.05, 3.63) is 235 Å². The lowest BCUT2D eigenvalue weighted by Gasteiger charge is -2.28. The number of rotatable bonds is 7. The number of hydrogen-bond acceptors (Lipinski definition) is 4. The summed E-state index contributed by atoms with van der Waals surface area (Å²) in [6.45, 7) is 2.37. The molecule has 0 saturated carbocycles. The Bertz CT molecular complexity index is 3520. The summed E-state index contributed by atoms with van der Waals surface area (Å²) in [5, 5.41) is 2.46. The van der Waals surface area contributed by atoms with Gasteiger partial charge in [0.25, 0.3) is 0 Å². The Kier molecular flexibility index (Phi) is 8.80. The van der Waals surface area contributed by atoms with Crippen molar-refractivity contribution >= 4 is 31.5 Å². The Morgan fingerprint density at radius 2 is 0.857 bits per heavy atom. The Hall–Kier alpha value is -7.79. The molecule has 9 aromatic carbocycles. The molecule has 0 spiro atoms. The largest absolute Gasteiger partial charge is 0.208 e. The number of aromatic nitrogens is 3. The molecule has 0 N–H and O–H groups in total. The van der Waals surface area contributed by atoms with Gasteiger partial charge in [0.05, 0.1) is 0 Å². The molecule has 0 amide bonds. The van der Waals surface area contributed by atoms with Crippen LogP contribution in [0.25, 0.3) is 98.8 Å². The number of thiophene rings is 1. The molecule has 1 aliphatic carbocycles. The average molecular weight is 822 g/mol. The minimum atomic E-state index is -0.251. The quantitative estimate of drug-likeness (QED) is 0.161. The fraction of sp³-hybridized carbons (Fsp3) is 0.0339. The van der Waals surface area contributed by atoms with E-state index in [0.29, 0.717) is 17.5 Å². The van der Waals surface area contributed by atoms with E-state index >= 15 is 0 Å². The van der Waals surface area contributed by atoms with Crippen LogP contribution in [0.3, 0.4) is 0 Å². The van der Waals surface area contributed by atoms with Crippen molar-refractivity contribution in [3.8, 4) is 78.7 Å². The van der Waals surface area contributed by atoms with Gasteiger partial charge in [-0.05, 0) is 92.4 Å². The number of nitrogens with zero attached hydrogens (tertiary/aromatic N) is 3. The summed E-state index contributed by atoms with van der Waals surface area (Å²) in [5.74, 6) is 1.94. The molecule has 11 aromatic rings. The van der Waals surface area contributed by atoms with E-state index in [1.54, 1.807) is 11.3 Å². The summed E-state index contributed by atoms with van der Waals surface area (Å²) in [5.41, 5.74) is 16.1. The molecule has 63 heavy (non-hydrogen) atoms. The fourth-order valence-electron chi connectivity index (χ4n) is 9.66. The molecule has 4 heteroatoms. The first-order chi connectivity index (χ1) is 31.1. The van der Waals surface area contributed by atoms with Crippen LogP contribution in [0.2, 0.25) is 0 Å². The average Bonchev–Trinajstić information content (AvgIpc) is 3.87. The molecule has 3 nitrogen and oxygen atoms in total. The van der Waals surface area contributed by atoms with Crippen LogP contribution in [-0.2, 0) is 5.41 Å². The zero-order valence-corrected chi connectivity index (χ0v) is 35.4. The monoisotopic (exact) mass is 821 g/mol. The fourth-order valence-corrected chi connectivity index (χ4v) is 10.9. The molecule has 2 aromatic heterocycles. The molecule has 1 atom stereocenters. The van der Waals surface area contributed by atoms with Crippen LogP contribution in [0.1, 0.15) is 23.6 Å². The molecule has 296 valence electrons. The maximum absolute atomic E-state index is 5.25. The number of fused-ring (bicyclic) bond motifs is 6. The lowest BCUT2D eigenvalue weighted by atomic mass is 9.74. The van der Waals surface area contributed by atoms with Crippen LogP contribution in [0, 0.1) is 0 Å². The van der Waals surface area contributed by atoms with Gasteiger partial charge in [0.15, 0.2) is 17.5 Å². The van der Waals surface area contributed by atoms with Gasteiger partial charge in [-0.2, -0.15) is 0 Å². The minimum absolute atomic E-state index is 0.251. The number of hydrogen-bond donors (Lipinski definition) is 0. The molecule has 1 aliphatic rings. The normalized spacial score (nSPS) is 14.2. The van der Waals surface area contributed by atoms with Crippen molar-refractivity contribution in [1.82, 2.24) is 15.0 Å². The van der Waals surface area contributed by atoms with Gasteiger partial charge in [0, 0.05) is 42.3 Å². The first-order valence-electron chi connectivity index (χ1n) is 21.4. The molecule has 0 aliphatic heterocycles. The van der Waals surface area contributed by atoms with E-state index in [1.165, 1.54) is 59.1 Å². The Labute approximate surface area is 370 Å². The lowest BCUT2D eigenvalue weighted by Crippen LogP contribution is -2.22. The molecule has 2 heterocycles. The van der Waals surface area contributed by atoms with Crippen LogP contribution in [-0.4, -0.2) is 15.0 Å². The maximum atomic E-state index is 5.25. The van der Waals surface area contributed by atoms with Crippen LogP contribution in [0.5, 0.6) is 0 Å². The van der Waals surface area contributed by atoms with Crippen molar-refractivity contribution in [2.24, 2.45) is 0 Å². The van der Waals surface area contributed by atoms with Gasteiger partial charge in [-0.1, -0.05) is 194 Å². The smallest absolute Gasteiger partial charge is 0.165 e. The van der Waals surface area contributed by atoms with E-state index in [2.05, 4.69) is 219 Å². The van der Waals surface area contributed by atoms with Gasteiger partial charge >= 0.3 is 0 Å². The highest BCUT2D eigenvalue weighted by molar-refractivity contribution is 7.26. The van der Waals surface area contributed by atoms with Gasteiger partial charge < -0.3 is 0 Å². The van der Waals surface area contributed by atoms with Gasteiger partial charge in [-0.3, -0.25) is 0 Å². The molecule has 0 radical (unpaired) electrons. The number of benzene rings is 9. The van der Waals surface area contributed by atoms with Gasteiger partial charge in [-0.15, -0.1) is 11.3 Å². The van der Waals surface area contributed by atoms with E-state index < -0.39 is 0 Å². The second-order valence-corrected chi connectivity index (χ2v) is 17.5. The lowest BCUT2D eigenvalue weighted by molar-refractivity contribution is 0.714. The predicted molar refractivity (Wildman–Crippen MR) is 263 cm³/mol. The van der Waals surface area contributed by atoms with E-state index in [1.807, 2.05) is 6.07 Å². The third kappa shape index (κ3) is 6.21. The highest BCUT2D eigenvalue weighted by Gasteiger charge is 2.40. The third-order valence-electron chi connectivity index (χ3n) is 12.9. The highest BCUT2D eigenvalue weighted by atomic mass is 32.1. The van der Waals surface area contributed by atoms with Crippen molar-refractivity contribution in [2.75, 3.05) is 0 Å². The van der Waals surface area contributed by atoms with E-state index in [-0.39, 0.29) is 5.41 Å². The minimum Gasteiger partial charge on any atom is -0.208 e. The van der Waals surface area contributed by atoms with Crippen LogP contribution < -0.4 is 0 Å². The summed E-state index contributed by atoms with van der Waals surface area (Å²) >= 11 is 1.79. The molecular formula is C59H39N3S. The van der Waals surface area contributed by atoms with E-state index in [9.17, 15) is 0 Å². The van der Waals surface area contributed by atoms with Crippen molar-refractivity contribution < 1.29 is 0 Å². The van der Waals surface area contributed by atoms with Crippen LogP contribution >= 0.6 is 11.3 Å². The second kappa shape index (κ2) is 15.0. The van der Waals surface area contributed by atoms with Crippen LogP contribution in [0.15, 0.2) is 218 Å². The summed E-state index contributed by atoms with van der Waals surface area (Å²) in [4.78, 5) is 15.7. The summed E-state index contributed by atoms with van der Waals surface area (Å²) in [7, 11) is 0. The van der Waals surface area contributed by atoms with Crippen LogP contribution in [0.4, 0.5) is 0 Å². The van der Waals surface area contributed by atoms with E-state index in [4.69, 9.17) is 15.0 Å². The molecule has 0 saturated heterocycles. The van der Waals surface area contributed by atoms with Gasteiger partial charge in [0.2, 0.25) is 0 Å². The molecule has 12 rings (SSSR count). The summed E-state index contributed by atoms with van der Waals surface area (Å²) in [6.07, 6.45) is 0. The summed E-state index contributed by atoms with van der Waals surface area (Å²) in [6, 6.07) is 78.3. The molecule has 1 unspecified atom stereocenters. The van der Waals surface area contributed by atoms with Crippen molar-refractivity contribution in [2.45, 2.75) is 12.3 Å². The van der Waals surface area contributed by atoms with E-state index in [0.717, 1.165) is 38.9 Å². The summed E-state index contributed by atoms with van der Waals surface area (Å²) < 4.78 is 2.42. The van der Waals surface area contributed by atoms with Crippen molar-refractivity contribution in [1.29, 1.82) is 0 Å². The standard InChI is InChI=1S/C59H39N3S/c1-59(44-20-6-3-7-21-44)52-28-12-10-23-46(52)47-35-34-43(37-53(47)59)42-19-14-18-41(36-42)38-30-32-40(33-31-38)56-60-57(50-25-9-8-22-45(50)39-16-4-2-5-17-39)62-58(61-56)51-27-15-26-49-48-24-11-13-29-54(48)63-55(49)51/h2-37H,1H3. The third-order valence-corrected chi connectivity index (χ3v) is 14.1. The Morgan fingerprint density at radius 1 is 0.333 bits per heavy atom. The Morgan fingerprint density at radius 3 is 1.67 bits per heavy atom. The van der Waals surface area contributed by atoms with Gasteiger partial charge in [0.1, 0.15) is 0 Å². The molecule has 0 bridgehead atoms. The SMILES string of the molecule is CC1(c2ccccc2)c2ccccc2-c2ccc(-c3cccc(-c4ccc(-c5nc(-c6ccccc6-c6ccccc6)nc(-c6cccc7c6sc6ccccc67)n5)cc4)c3)cc21. The molecule has 0 fully saturated rings. The zero-order valence-electron chi connectivity index (χ0n) is 34.5. The first-order valence-corrected chi connectivity index (χ1v) is 22.2. The Balaban J connectivity index is 0.941. The van der Waals surface area contributed by atoms with Gasteiger partial charge in [-0.25, -0.2) is 15.0 Å². The second-order valence-electron chi connectivity index (χ2n) is 16.5. The predicted octanol–water partition coefficient (Wildman–Crippen LogP) is 15.6. The topological polar surface area (TPSA) is 38.7 Å². The highest BCUT2D eigenvalue weighted by Crippen LogP contribution is 2.53. The maximum Gasteiger partial charge on any atom is 0.165 e. The molecular weight excluding hydrogens is 783 g/mol. The zero-order chi connectivity index (χ0) is 41.9.